The van der Waals surface area contributed by atoms with Crippen LogP contribution in [0, 0.1) is 0 Å². The number of aromatic nitrogens is 2. The molecule has 8 nitrogen and oxygen atoms in total. The Hall–Kier alpha value is -2.06. The number of hydrogen-bond acceptors (Lipinski definition) is 8. The molecule has 0 aromatic carbocycles. The lowest BCUT2D eigenvalue weighted by atomic mass is 10.1. The van der Waals surface area contributed by atoms with Gasteiger partial charge in [-0.2, -0.15) is 4.98 Å². The summed E-state index contributed by atoms with van der Waals surface area (Å²) < 4.78 is 0. The first-order valence-electron chi connectivity index (χ1n) is 8.75. The summed E-state index contributed by atoms with van der Waals surface area (Å²) >= 11 is 0. The molecule has 0 saturated heterocycles. The first-order valence-corrected chi connectivity index (χ1v) is 8.75. The molecule has 1 aromatic heterocycles. The standard InChI is InChI=1S/C17H31N7O/c1-7-11(2)23-24-8-12-14(13(9-24)18-5)21-16(22-15(12)19-6)20-10-17(3,4)25/h9,11,18,23,25H,7-8,10H2,1-6H3,(H2,19,20,21,22)/t11-/m1/s1. The van der Waals surface area contributed by atoms with Crippen molar-refractivity contribution in [3.05, 3.63) is 17.5 Å². The Morgan fingerprint density at radius 2 is 2.00 bits per heavy atom. The molecule has 0 radical (unpaired) electrons. The van der Waals surface area contributed by atoms with E-state index in [4.69, 9.17) is 0 Å². The molecule has 0 saturated carbocycles. The number of hydrogen-bond donors (Lipinski definition) is 5. The van der Waals surface area contributed by atoms with Gasteiger partial charge >= 0.3 is 0 Å². The minimum absolute atomic E-state index is 0.370. The van der Waals surface area contributed by atoms with Gasteiger partial charge in [0.25, 0.3) is 0 Å². The van der Waals surface area contributed by atoms with Crippen LogP contribution < -0.4 is 21.4 Å². The number of hydrazine groups is 1. The first kappa shape index (κ1) is 19.3. The molecule has 0 fully saturated rings. The van der Waals surface area contributed by atoms with Gasteiger partial charge in [-0.05, 0) is 27.2 Å². The minimum Gasteiger partial charge on any atom is -0.389 e. The number of nitrogens with one attached hydrogen (secondary N) is 4. The fourth-order valence-corrected chi connectivity index (χ4v) is 2.51. The normalized spacial score (nSPS) is 15.3. The quantitative estimate of drug-likeness (QED) is 0.480. The third-order valence-electron chi connectivity index (χ3n) is 4.06. The molecule has 8 heteroatoms. The summed E-state index contributed by atoms with van der Waals surface area (Å²) in [7, 11) is 3.74. The molecule has 1 atom stereocenters. The van der Waals surface area contributed by atoms with Crippen LogP contribution in [-0.2, 0) is 6.54 Å². The van der Waals surface area contributed by atoms with E-state index in [9.17, 15) is 5.11 Å². The van der Waals surface area contributed by atoms with E-state index in [1.54, 1.807) is 13.8 Å². The summed E-state index contributed by atoms with van der Waals surface area (Å²) in [6, 6.07) is 0.377. The Labute approximate surface area is 150 Å². The van der Waals surface area contributed by atoms with Crippen LogP contribution >= 0.6 is 0 Å². The molecule has 0 amide bonds. The molecule has 1 aliphatic heterocycles. The van der Waals surface area contributed by atoms with E-state index >= 15 is 0 Å². The Kier molecular flexibility index (Phi) is 6.07. The van der Waals surface area contributed by atoms with Crippen molar-refractivity contribution in [3.8, 4) is 0 Å². The molecule has 140 valence electrons. The SMILES string of the molecule is CC[C@@H](C)NN1C=C(NC)c2nc(NCC(C)(C)O)nc(NC)c2C1. The van der Waals surface area contributed by atoms with E-state index < -0.39 is 5.60 Å². The second-order valence-corrected chi connectivity index (χ2v) is 7.00. The smallest absolute Gasteiger partial charge is 0.225 e. The molecule has 0 bridgehead atoms. The van der Waals surface area contributed by atoms with E-state index in [0.717, 1.165) is 29.2 Å². The lowest BCUT2D eigenvalue weighted by molar-refractivity contribution is 0.0943. The molecule has 0 aliphatic carbocycles. The zero-order valence-corrected chi connectivity index (χ0v) is 16.1. The van der Waals surface area contributed by atoms with Gasteiger partial charge in [0, 0.05) is 38.4 Å². The Morgan fingerprint density at radius 3 is 2.56 bits per heavy atom. The Bertz CT molecular complexity index is 624. The molecule has 1 aliphatic rings. The molecule has 5 N–H and O–H groups in total. The van der Waals surface area contributed by atoms with Gasteiger partial charge in [-0.15, -0.1) is 0 Å². The van der Waals surface area contributed by atoms with E-state index in [1.807, 2.05) is 20.3 Å². The van der Waals surface area contributed by atoms with Crippen molar-refractivity contribution in [2.75, 3.05) is 31.3 Å². The van der Waals surface area contributed by atoms with Crippen molar-refractivity contribution in [2.24, 2.45) is 0 Å². The lowest BCUT2D eigenvalue weighted by Crippen LogP contribution is -2.42. The van der Waals surface area contributed by atoms with Crippen molar-refractivity contribution in [1.29, 1.82) is 0 Å². The van der Waals surface area contributed by atoms with Crippen LogP contribution in [0.1, 0.15) is 45.4 Å². The van der Waals surface area contributed by atoms with Gasteiger partial charge in [-0.3, -0.25) is 0 Å². The molecular formula is C17H31N7O. The maximum absolute atomic E-state index is 9.91. The highest BCUT2D eigenvalue weighted by Crippen LogP contribution is 2.28. The highest BCUT2D eigenvalue weighted by atomic mass is 16.3. The number of aliphatic hydroxyl groups is 1. The Balaban J connectivity index is 2.34. The van der Waals surface area contributed by atoms with Gasteiger partial charge < -0.3 is 26.1 Å². The van der Waals surface area contributed by atoms with Crippen LogP contribution in [0.3, 0.4) is 0 Å². The van der Waals surface area contributed by atoms with Crippen molar-refractivity contribution >= 4 is 17.5 Å². The van der Waals surface area contributed by atoms with Crippen molar-refractivity contribution in [2.45, 2.75) is 52.3 Å². The number of anilines is 2. The van der Waals surface area contributed by atoms with E-state index in [2.05, 4.69) is 50.2 Å². The van der Waals surface area contributed by atoms with Gasteiger partial charge in [-0.1, -0.05) is 6.92 Å². The average molecular weight is 349 g/mol. The maximum Gasteiger partial charge on any atom is 0.225 e. The van der Waals surface area contributed by atoms with Crippen LogP contribution in [0.5, 0.6) is 0 Å². The second-order valence-electron chi connectivity index (χ2n) is 7.00. The fourth-order valence-electron chi connectivity index (χ4n) is 2.51. The monoisotopic (exact) mass is 349 g/mol. The largest absolute Gasteiger partial charge is 0.389 e. The highest BCUT2D eigenvalue weighted by Gasteiger charge is 2.24. The average Bonchev–Trinajstić information content (AvgIpc) is 2.57. The maximum atomic E-state index is 9.91. The fraction of sp³-hybridized carbons (Fsp3) is 0.647. The third-order valence-corrected chi connectivity index (χ3v) is 4.06. The zero-order chi connectivity index (χ0) is 18.6. The van der Waals surface area contributed by atoms with Gasteiger partial charge in [0.2, 0.25) is 5.95 Å². The molecule has 1 aromatic rings. The van der Waals surface area contributed by atoms with Crippen LogP contribution in [0.25, 0.3) is 5.70 Å². The summed E-state index contributed by atoms with van der Waals surface area (Å²) in [5, 5.41) is 21.5. The summed E-state index contributed by atoms with van der Waals surface area (Å²) in [5.41, 5.74) is 5.44. The number of nitrogens with zero attached hydrogens (tertiary/aromatic N) is 3. The van der Waals surface area contributed by atoms with Crippen LogP contribution in [0.2, 0.25) is 0 Å². The number of fused-ring (bicyclic) bond motifs is 1. The summed E-state index contributed by atoms with van der Waals surface area (Å²) in [5.74, 6) is 1.27. The minimum atomic E-state index is -0.836. The van der Waals surface area contributed by atoms with Gasteiger partial charge in [-0.25, -0.2) is 10.4 Å². The molecule has 2 heterocycles. The molecule has 0 spiro atoms. The molecule has 25 heavy (non-hydrogen) atoms. The van der Waals surface area contributed by atoms with Gasteiger partial charge in [0.15, 0.2) is 0 Å². The topological polar surface area (TPSA) is 97.4 Å². The second kappa shape index (κ2) is 7.88. The van der Waals surface area contributed by atoms with Gasteiger partial charge in [0.05, 0.1) is 17.8 Å². The van der Waals surface area contributed by atoms with Crippen molar-refractivity contribution in [1.82, 2.24) is 25.7 Å². The molecular weight excluding hydrogens is 318 g/mol. The predicted octanol–water partition coefficient (Wildman–Crippen LogP) is 1.34. The summed E-state index contributed by atoms with van der Waals surface area (Å²) in [6.07, 6.45) is 3.07. The van der Waals surface area contributed by atoms with Gasteiger partial charge in [0.1, 0.15) is 11.5 Å². The van der Waals surface area contributed by atoms with Crippen LogP contribution in [0.4, 0.5) is 11.8 Å². The lowest BCUT2D eigenvalue weighted by Gasteiger charge is -2.32. The van der Waals surface area contributed by atoms with E-state index in [0.29, 0.717) is 25.1 Å². The third kappa shape index (κ3) is 4.96. The van der Waals surface area contributed by atoms with E-state index in [1.165, 1.54) is 0 Å². The highest BCUT2D eigenvalue weighted by molar-refractivity contribution is 5.70. The first-order chi connectivity index (χ1) is 11.8. The Morgan fingerprint density at radius 1 is 1.28 bits per heavy atom. The van der Waals surface area contributed by atoms with E-state index in [-0.39, 0.29) is 0 Å². The number of rotatable bonds is 8. The van der Waals surface area contributed by atoms with Crippen LogP contribution in [0.15, 0.2) is 6.20 Å². The van der Waals surface area contributed by atoms with Crippen molar-refractivity contribution < 1.29 is 5.11 Å². The zero-order valence-electron chi connectivity index (χ0n) is 16.1. The van der Waals surface area contributed by atoms with Crippen molar-refractivity contribution in [3.63, 3.8) is 0 Å². The van der Waals surface area contributed by atoms with Crippen LogP contribution in [-0.4, -0.2) is 52.4 Å². The molecule has 0 unspecified atom stereocenters. The summed E-state index contributed by atoms with van der Waals surface area (Å²) in [4.78, 5) is 9.21. The predicted molar refractivity (Wildman–Crippen MR) is 102 cm³/mol. The molecule has 2 rings (SSSR count). The summed E-state index contributed by atoms with van der Waals surface area (Å²) in [6.45, 7) is 8.84.